The molecular formula is C11H17NOS. The first-order chi connectivity index (χ1) is 6.92. The molecule has 0 aromatic carbocycles. The van der Waals surface area contributed by atoms with Gasteiger partial charge in [-0.2, -0.15) is 11.8 Å². The lowest BCUT2D eigenvalue weighted by Gasteiger charge is -2.22. The van der Waals surface area contributed by atoms with Gasteiger partial charge in [-0.15, -0.1) is 0 Å². The van der Waals surface area contributed by atoms with Gasteiger partial charge in [0, 0.05) is 11.6 Å². The second-order valence-corrected chi connectivity index (χ2v) is 4.87. The molecule has 1 aliphatic rings. The Morgan fingerprint density at radius 2 is 2.64 bits per heavy atom. The topological polar surface area (TPSA) is 25.2 Å². The molecule has 1 aromatic heterocycles. The fraction of sp³-hybridized carbons (Fsp3) is 0.636. The van der Waals surface area contributed by atoms with Gasteiger partial charge in [0.1, 0.15) is 0 Å². The van der Waals surface area contributed by atoms with Crippen LogP contribution in [-0.2, 0) is 0 Å². The van der Waals surface area contributed by atoms with Crippen LogP contribution >= 0.6 is 11.8 Å². The van der Waals surface area contributed by atoms with Crippen molar-refractivity contribution in [2.75, 3.05) is 18.1 Å². The molecule has 2 atom stereocenters. The van der Waals surface area contributed by atoms with Crippen LogP contribution in [0.2, 0.25) is 0 Å². The molecule has 0 amide bonds. The van der Waals surface area contributed by atoms with Crippen LogP contribution in [0.25, 0.3) is 0 Å². The molecule has 1 N–H and O–H groups in total. The van der Waals surface area contributed by atoms with Crippen molar-refractivity contribution in [2.24, 2.45) is 5.92 Å². The molecule has 1 fully saturated rings. The zero-order valence-electron chi connectivity index (χ0n) is 8.53. The van der Waals surface area contributed by atoms with E-state index in [4.69, 9.17) is 4.42 Å². The van der Waals surface area contributed by atoms with E-state index in [0.29, 0.717) is 6.04 Å². The van der Waals surface area contributed by atoms with Crippen LogP contribution in [-0.4, -0.2) is 18.1 Å². The van der Waals surface area contributed by atoms with Crippen LogP contribution in [0.3, 0.4) is 0 Å². The van der Waals surface area contributed by atoms with E-state index in [0.717, 1.165) is 12.5 Å². The summed E-state index contributed by atoms with van der Waals surface area (Å²) < 4.78 is 5.15. The Balaban J connectivity index is 2.06. The Labute approximate surface area is 89.4 Å². The van der Waals surface area contributed by atoms with Crippen molar-refractivity contribution in [3.05, 3.63) is 24.2 Å². The highest BCUT2D eigenvalue weighted by Crippen LogP contribution is 2.34. The molecule has 0 aliphatic carbocycles. The molecule has 0 bridgehead atoms. The lowest BCUT2D eigenvalue weighted by molar-refractivity contribution is 0.397. The van der Waals surface area contributed by atoms with E-state index in [9.17, 15) is 0 Å². The zero-order chi connectivity index (χ0) is 9.80. The number of furan rings is 1. The van der Waals surface area contributed by atoms with E-state index >= 15 is 0 Å². The third-order valence-corrected chi connectivity index (χ3v) is 3.95. The molecule has 1 aromatic rings. The highest BCUT2D eigenvalue weighted by Gasteiger charge is 2.26. The van der Waals surface area contributed by atoms with Gasteiger partial charge in [-0.1, -0.05) is 6.92 Å². The minimum Gasteiger partial charge on any atom is -0.472 e. The summed E-state index contributed by atoms with van der Waals surface area (Å²) in [5, 5.41) is 3.55. The van der Waals surface area contributed by atoms with Crippen molar-refractivity contribution in [3.63, 3.8) is 0 Å². The normalized spacial score (nSPS) is 23.9. The van der Waals surface area contributed by atoms with Gasteiger partial charge >= 0.3 is 0 Å². The van der Waals surface area contributed by atoms with Gasteiger partial charge in [-0.3, -0.25) is 0 Å². The number of nitrogens with one attached hydrogen (secondary N) is 1. The minimum absolute atomic E-state index is 0.494. The molecule has 2 unspecified atom stereocenters. The van der Waals surface area contributed by atoms with Gasteiger partial charge < -0.3 is 9.73 Å². The third kappa shape index (κ3) is 2.15. The van der Waals surface area contributed by atoms with Crippen molar-refractivity contribution in [3.8, 4) is 0 Å². The summed E-state index contributed by atoms with van der Waals surface area (Å²) in [7, 11) is 0. The van der Waals surface area contributed by atoms with Gasteiger partial charge in [0.2, 0.25) is 0 Å². The average molecular weight is 211 g/mol. The molecule has 2 nitrogen and oxygen atoms in total. The minimum atomic E-state index is 0.494. The molecule has 1 aliphatic heterocycles. The first kappa shape index (κ1) is 10.1. The van der Waals surface area contributed by atoms with Crippen LogP contribution in [0.5, 0.6) is 0 Å². The predicted octanol–water partition coefficient (Wildman–Crippen LogP) is 2.68. The van der Waals surface area contributed by atoms with Crippen LogP contribution < -0.4 is 5.32 Å². The molecule has 0 spiro atoms. The van der Waals surface area contributed by atoms with Gasteiger partial charge in [-0.05, 0) is 36.5 Å². The smallest absolute Gasteiger partial charge is 0.0950 e. The SMILES string of the molecule is CCNC(c1ccoc1)C1CCSC1. The Morgan fingerprint density at radius 3 is 3.21 bits per heavy atom. The van der Waals surface area contributed by atoms with E-state index in [1.54, 1.807) is 6.26 Å². The second kappa shape index (κ2) is 4.89. The highest BCUT2D eigenvalue weighted by molar-refractivity contribution is 7.99. The molecule has 14 heavy (non-hydrogen) atoms. The maximum absolute atomic E-state index is 5.15. The molecule has 78 valence electrons. The first-order valence-corrected chi connectivity index (χ1v) is 6.40. The Kier molecular flexibility index (Phi) is 3.54. The summed E-state index contributed by atoms with van der Waals surface area (Å²) in [5.74, 6) is 3.37. The highest BCUT2D eigenvalue weighted by atomic mass is 32.2. The van der Waals surface area contributed by atoms with Crippen molar-refractivity contribution in [2.45, 2.75) is 19.4 Å². The summed E-state index contributed by atoms with van der Waals surface area (Å²) in [6, 6.07) is 2.57. The third-order valence-electron chi connectivity index (χ3n) is 2.76. The molecule has 1 saturated heterocycles. The van der Waals surface area contributed by atoms with Gasteiger partial charge in [-0.25, -0.2) is 0 Å². The van der Waals surface area contributed by atoms with Crippen molar-refractivity contribution in [1.29, 1.82) is 0 Å². The monoisotopic (exact) mass is 211 g/mol. The van der Waals surface area contributed by atoms with E-state index in [-0.39, 0.29) is 0 Å². The lowest BCUT2D eigenvalue weighted by atomic mass is 9.94. The second-order valence-electron chi connectivity index (χ2n) is 3.72. The van der Waals surface area contributed by atoms with Gasteiger partial charge in [0.05, 0.1) is 12.5 Å². The van der Waals surface area contributed by atoms with E-state index in [1.165, 1.54) is 23.5 Å². The lowest BCUT2D eigenvalue weighted by Crippen LogP contribution is -2.27. The maximum atomic E-state index is 5.15. The quantitative estimate of drug-likeness (QED) is 0.829. The molecule has 2 rings (SSSR count). The summed E-state index contributed by atoms with van der Waals surface area (Å²) in [6.45, 7) is 3.19. The summed E-state index contributed by atoms with van der Waals surface area (Å²) >= 11 is 2.06. The van der Waals surface area contributed by atoms with Crippen LogP contribution in [0, 0.1) is 5.92 Å². The summed E-state index contributed by atoms with van der Waals surface area (Å²) in [6.07, 6.45) is 4.96. The van der Waals surface area contributed by atoms with Gasteiger partial charge in [0.25, 0.3) is 0 Å². The summed E-state index contributed by atoms with van der Waals surface area (Å²) in [5.41, 5.74) is 1.30. The number of hydrogen-bond acceptors (Lipinski definition) is 3. The largest absolute Gasteiger partial charge is 0.472 e. The molecule has 0 saturated carbocycles. The molecular weight excluding hydrogens is 194 g/mol. The van der Waals surface area contributed by atoms with Gasteiger partial charge in [0.15, 0.2) is 0 Å². The number of thioether (sulfide) groups is 1. The summed E-state index contributed by atoms with van der Waals surface area (Å²) in [4.78, 5) is 0. The fourth-order valence-corrected chi connectivity index (χ4v) is 3.34. The van der Waals surface area contributed by atoms with Crippen LogP contribution in [0.4, 0.5) is 0 Å². The van der Waals surface area contributed by atoms with E-state index < -0.39 is 0 Å². The van der Waals surface area contributed by atoms with Crippen molar-refractivity contribution >= 4 is 11.8 Å². The zero-order valence-corrected chi connectivity index (χ0v) is 9.35. The molecule has 2 heterocycles. The Hall–Kier alpha value is -0.410. The van der Waals surface area contributed by atoms with E-state index in [1.807, 2.05) is 6.26 Å². The first-order valence-electron chi connectivity index (χ1n) is 5.25. The Morgan fingerprint density at radius 1 is 1.71 bits per heavy atom. The molecule has 0 radical (unpaired) electrons. The predicted molar refractivity (Wildman–Crippen MR) is 60.6 cm³/mol. The number of rotatable bonds is 4. The van der Waals surface area contributed by atoms with Crippen LogP contribution in [0.1, 0.15) is 24.9 Å². The Bertz CT molecular complexity index is 254. The standard InChI is InChI=1S/C11H17NOS/c1-2-12-11(9-3-5-13-7-9)10-4-6-14-8-10/h3,5,7,10-12H,2,4,6,8H2,1H3. The van der Waals surface area contributed by atoms with Crippen molar-refractivity contribution < 1.29 is 4.42 Å². The van der Waals surface area contributed by atoms with Crippen molar-refractivity contribution in [1.82, 2.24) is 5.32 Å². The number of hydrogen-bond donors (Lipinski definition) is 1. The van der Waals surface area contributed by atoms with E-state index in [2.05, 4.69) is 30.1 Å². The molecule has 3 heteroatoms. The maximum Gasteiger partial charge on any atom is 0.0950 e. The van der Waals surface area contributed by atoms with Crippen LogP contribution in [0.15, 0.2) is 23.0 Å². The average Bonchev–Trinajstić information content (AvgIpc) is 2.87. The fourth-order valence-electron chi connectivity index (χ4n) is 2.04.